The Morgan fingerprint density at radius 1 is 1.70 bits per heavy atom. The van der Waals surface area contributed by atoms with Crippen LogP contribution in [0.3, 0.4) is 0 Å². The van der Waals surface area contributed by atoms with Gasteiger partial charge in [0, 0.05) is 12.6 Å². The van der Waals surface area contributed by atoms with Crippen molar-refractivity contribution in [3.8, 4) is 0 Å². The molecule has 1 aliphatic heterocycles. The fourth-order valence-electron chi connectivity index (χ4n) is 2.27. The number of halogens is 2. The highest BCUT2D eigenvalue weighted by molar-refractivity contribution is 6.18. The molecular formula is C14H19ClFN3O4. The highest BCUT2D eigenvalue weighted by Gasteiger charge is 2.48. The van der Waals surface area contributed by atoms with Gasteiger partial charge in [0.2, 0.25) is 0 Å². The number of esters is 1. The molecule has 128 valence electrons. The van der Waals surface area contributed by atoms with Crippen LogP contribution in [0.25, 0.3) is 0 Å². The highest BCUT2D eigenvalue weighted by Crippen LogP contribution is 2.39. The standard InChI is InChI=1S/C14H19ClFN3O4/c1-8(2)12(20)22-7-14(6-15)5-9(16)11(23-14)19-4-3-10(17)18-13(19)21/h3-4,8-9,11H,5-7H2,1-2H3,(H2,17,18,21)/t9-,11-,14+/m1/s1. The second kappa shape index (κ2) is 6.84. The zero-order chi connectivity index (χ0) is 17.2. The van der Waals surface area contributed by atoms with E-state index < -0.39 is 29.7 Å². The number of alkyl halides is 2. The first-order valence-electron chi connectivity index (χ1n) is 7.17. The van der Waals surface area contributed by atoms with E-state index in [1.54, 1.807) is 13.8 Å². The van der Waals surface area contributed by atoms with Crippen LogP contribution in [0.5, 0.6) is 0 Å². The third kappa shape index (κ3) is 3.81. The Morgan fingerprint density at radius 3 is 2.96 bits per heavy atom. The Kier molecular flexibility index (Phi) is 5.26. The molecule has 23 heavy (non-hydrogen) atoms. The van der Waals surface area contributed by atoms with E-state index in [4.69, 9.17) is 26.8 Å². The van der Waals surface area contributed by atoms with Gasteiger partial charge in [0.25, 0.3) is 0 Å². The van der Waals surface area contributed by atoms with Crippen LogP contribution in [0.1, 0.15) is 26.5 Å². The van der Waals surface area contributed by atoms with Crippen molar-refractivity contribution in [3.63, 3.8) is 0 Å². The first-order valence-corrected chi connectivity index (χ1v) is 7.70. The minimum Gasteiger partial charge on any atom is -0.462 e. The Morgan fingerprint density at radius 2 is 2.39 bits per heavy atom. The van der Waals surface area contributed by atoms with E-state index in [1.807, 2.05) is 0 Å². The summed E-state index contributed by atoms with van der Waals surface area (Å²) in [5.41, 5.74) is 3.51. The number of nitrogens with zero attached hydrogens (tertiary/aromatic N) is 2. The molecule has 1 fully saturated rings. The molecule has 2 heterocycles. The lowest BCUT2D eigenvalue weighted by Gasteiger charge is -2.26. The van der Waals surface area contributed by atoms with E-state index in [2.05, 4.69) is 4.98 Å². The molecule has 0 saturated carbocycles. The summed E-state index contributed by atoms with van der Waals surface area (Å²) in [4.78, 5) is 27.0. The third-order valence-electron chi connectivity index (χ3n) is 3.57. The number of carbonyl (C=O) groups is 1. The van der Waals surface area contributed by atoms with Crippen molar-refractivity contribution in [2.45, 2.75) is 38.3 Å². The maximum atomic E-state index is 14.4. The molecule has 0 aromatic carbocycles. The number of rotatable bonds is 5. The van der Waals surface area contributed by atoms with Gasteiger partial charge in [-0.3, -0.25) is 9.36 Å². The fourth-order valence-corrected chi connectivity index (χ4v) is 2.52. The Labute approximate surface area is 137 Å². The Hall–Kier alpha value is -1.67. The molecule has 0 aliphatic carbocycles. The second-order valence-corrected chi connectivity index (χ2v) is 6.12. The molecule has 2 rings (SSSR count). The number of nitrogen functional groups attached to an aromatic ring is 1. The Balaban J connectivity index is 2.17. The number of aromatic nitrogens is 2. The van der Waals surface area contributed by atoms with Crippen LogP contribution in [0, 0.1) is 5.92 Å². The van der Waals surface area contributed by atoms with E-state index in [0.717, 1.165) is 4.57 Å². The molecule has 1 aliphatic rings. The minimum absolute atomic E-state index is 0.0362. The minimum atomic E-state index is -1.49. The lowest BCUT2D eigenvalue weighted by atomic mass is 10.0. The second-order valence-electron chi connectivity index (χ2n) is 5.85. The number of anilines is 1. The molecule has 7 nitrogen and oxygen atoms in total. The summed E-state index contributed by atoms with van der Waals surface area (Å²) in [5.74, 6) is -0.783. The summed E-state index contributed by atoms with van der Waals surface area (Å²) in [7, 11) is 0. The van der Waals surface area contributed by atoms with E-state index in [9.17, 15) is 14.0 Å². The molecule has 1 aromatic rings. The van der Waals surface area contributed by atoms with Crippen molar-refractivity contribution in [1.82, 2.24) is 9.55 Å². The molecule has 9 heteroatoms. The third-order valence-corrected chi connectivity index (χ3v) is 4.05. The topological polar surface area (TPSA) is 96.4 Å². The van der Waals surface area contributed by atoms with E-state index >= 15 is 0 Å². The van der Waals surface area contributed by atoms with Crippen molar-refractivity contribution >= 4 is 23.4 Å². The van der Waals surface area contributed by atoms with Crippen LogP contribution >= 0.6 is 11.6 Å². The van der Waals surface area contributed by atoms with Gasteiger partial charge in [0.1, 0.15) is 24.2 Å². The van der Waals surface area contributed by atoms with E-state index in [0.29, 0.717) is 0 Å². The van der Waals surface area contributed by atoms with Crippen molar-refractivity contribution in [1.29, 1.82) is 0 Å². The summed E-state index contributed by atoms with van der Waals surface area (Å²) >= 11 is 5.90. The van der Waals surface area contributed by atoms with Gasteiger partial charge < -0.3 is 15.2 Å². The zero-order valence-electron chi connectivity index (χ0n) is 12.9. The van der Waals surface area contributed by atoms with E-state index in [-0.39, 0.29) is 30.6 Å². The number of hydrogen-bond donors (Lipinski definition) is 1. The monoisotopic (exact) mass is 347 g/mol. The summed E-state index contributed by atoms with van der Waals surface area (Å²) in [6.45, 7) is 3.19. The van der Waals surface area contributed by atoms with Crippen LogP contribution in [0.15, 0.2) is 17.1 Å². The van der Waals surface area contributed by atoms with Gasteiger partial charge in [0.15, 0.2) is 6.23 Å². The average Bonchev–Trinajstić information content (AvgIpc) is 2.82. The van der Waals surface area contributed by atoms with Crippen LogP contribution in [-0.4, -0.2) is 39.8 Å². The first-order chi connectivity index (χ1) is 10.8. The maximum Gasteiger partial charge on any atom is 0.351 e. The first kappa shape index (κ1) is 17.7. The van der Waals surface area contributed by atoms with Crippen molar-refractivity contribution < 1.29 is 18.7 Å². The van der Waals surface area contributed by atoms with Crippen LogP contribution in [0.2, 0.25) is 0 Å². The Bertz CT molecular complexity index is 639. The molecule has 3 atom stereocenters. The van der Waals surface area contributed by atoms with Gasteiger partial charge >= 0.3 is 11.7 Å². The average molecular weight is 348 g/mol. The number of carbonyl (C=O) groups excluding carboxylic acids is 1. The number of hydrogen-bond acceptors (Lipinski definition) is 6. The predicted molar refractivity (Wildman–Crippen MR) is 81.8 cm³/mol. The van der Waals surface area contributed by atoms with Gasteiger partial charge in [0.05, 0.1) is 11.8 Å². The normalized spacial score (nSPS) is 27.3. The fraction of sp³-hybridized carbons (Fsp3) is 0.643. The summed E-state index contributed by atoms with van der Waals surface area (Å²) in [6.07, 6.45) is -1.46. The largest absolute Gasteiger partial charge is 0.462 e. The van der Waals surface area contributed by atoms with Crippen molar-refractivity contribution in [2.24, 2.45) is 5.92 Å². The van der Waals surface area contributed by atoms with Gasteiger partial charge in [-0.2, -0.15) is 4.98 Å². The molecule has 0 unspecified atom stereocenters. The van der Waals surface area contributed by atoms with Gasteiger partial charge in [-0.15, -0.1) is 11.6 Å². The molecular weight excluding hydrogens is 329 g/mol. The summed E-state index contributed by atoms with van der Waals surface area (Å²) < 4.78 is 26.2. The van der Waals surface area contributed by atoms with Gasteiger partial charge in [-0.25, -0.2) is 9.18 Å². The molecule has 0 spiro atoms. The van der Waals surface area contributed by atoms with E-state index in [1.165, 1.54) is 12.3 Å². The van der Waals surface area contributed by atoms with Gasteiger partial charge in [-0.1, -0.05) is 13.8 Å². The molecule has 1 saturated heterocycles. The van der Waals surface area contributed by atoms with Crippen LogP contribution in [0.4, 0.5) is 10.2 Å². The highest BCUT2D eigenvalue weighted by atomic mass is 35.5. The maximum absolute atomic E-state index is 14.4. The lowest BCUT2D eigenvalue weighted by molar-refractivity contribution is -0.159. The summed E-state index contributed by atoms with van der Waals surface area (Å²) in [6, 6.07) is 1.37. The molecule has 0 bridgehead atoms. The summed E-state index contributed by atoms with van der Waals surface area (Å²) in [5, 5.41) is 0. The molecule has 0 amide bonds. The lowest BCUT2D eigenvalue weighted by Crippen LogP contribution is -2.39. The van der Waals surface area contributed by atoms with Crippen LogP contribution < -0.4 is 11.4 Å². The smallest absolute Gasteiger partial charge is 0.351 e. The van der Waals surface area contributed by atoms with Crippen LogP contribution in [-0.2, 0) is 14.3 Å². The SMILES string of the molecule is CC(C)C(=O)OC[C@@]1(CCl)C[C@@H](F)[C@H](n2ccc(N)nc2=O)O1. The predicted octanol–water partition coefficient (Wildman–Crippen LogP) is 1.26. The number of nitrogens with two attached hydrogens (primary N) is 1. The quantitative estimate of drug-likeness (QED) is 0.636. The van der Waals surface area contributed by atoms with Crippen molar-refractivity contribution in [2.75, 3.05) is 18.2 Å². The molecule has 1 aromatic heterocycles. The molecule has 0 radical (unpaired) electrons. The van der Waals surface area contributed by atoms with Crippen molar-refractivity contribution in [3.05, 3.63) is 22.7 Å². The molecule has 2 N–H and O–H groups in total. The zero-order valence-corrected chi connectivity index (χ0v) is 13.6. The number of ether oxygens (including phenoxy) is 2. The van der Waals surface area contributed by atoms with Gasteiger partial charge in [-0.05, 0) is 6.07 Å².